The van der Waals surface area contributed by atoms with Gasteiger partial charge < -0.3 is 82.5 Å². The Morgan fingerprint density at radius 1 is 0.445 bits per heavy atom. The molecule has 5 aromatic carbocycles. The number of carbonyl (C=O) groups excluding carboxylic acids is 11. The summed E-state index contributed by atoms with van der Waals surface area (Å²) < 4.78 is 24.4. The van der Waals surface area contributed by atoms with E-state index in [9.17, 15) is 43.5 Å². The molecule has 0 saturated carbocycles. The third kappa shape index (κ3) is 28.5. The van der Waals surface area contributed by atoms with Gasteiger partial charge in [-0.25, -0.2) is 4.79 Å². The average molecular weight is 1560 g/mol. The minimum atomic E-state index is -1.90. The Bertz CT molecular complexity index is 3820. The fourth-order valence-electron chi connectivity index (χ4n) is 11.9. The van der Waals surface area contributed by atoms with Crippen molar-refractivity contribution < 1.29 is 81.6 Å². The van der Waals surface area contributed by atoms with Crippen molar-refractivity contribution in [3.63, 3.8) is 0 Å². The average Bonchev–Trinajstić information content (AvgIpc) is 0.769. The molecule has 1 aliphatic rings. The number of hydrogen-bond donors (Lipinski definition) is 12. The maximum atomic E-state index is 15.6. The summed E-state index contributed by atoms with van der Waals surface area (Å²) in [6.45, 7) is 20.9. The first-order valence-corrected chi connectivity index (χ1v) is 38.7. The third-order valence-corrected chi connectivity index (χ3v) is 18.8. The monoisotopic (exact) mass is 1560 g/mol. The number of amides is 11. The van der Waals surface area contributed by atoms with Crippen LogP contribution in [0.15, 0.2) is 140 Å². The fraction of sp³-hybridized carbons (Fsp3) is 0.475. The molecule has 0 spiro atoms. The summed E-state index contributed by atoms with van der Waals surface area (Å²) in [5, 5.41) is 38.9. The van der Waals surface area contributed by atoms with Crippen molar-refractivity contribution in [3.05, 3.63) is 167 Å². The smallest absolute Gasteiger partial charge is 0.407 e. The predicted molar refractivity (Wildman–Crippen MR) is 420 cm³/mol. The number of thioether (sulfide) groups is 2. The number of nitrogens with one attached hydrogen (secondary N) is 11. The first kappa shape index (κ1) is 89.0. The van der Waals surface area contributed by atoms with Crippen molar-refractivity contribution in [2.75, 3.05) is 49.6 Å². The lowest BCUT2D eigenvalue weighted by atomic mass is 9.77. The Balaban J connectivity index is 1.38. The van der Waals surface area contributed by atoms with E-state index in [4.69, 9.17) is 18.9 Å². The van der Waals surface area contributed by atoms with E-state index in [2.05, 4.69) is 58.5 Å². The van der Waals surface area contributed by atoms with Gasteiger partial charge in [-0.3, -0.25) is 52.7 Å². The Kier molecular flexibility index (Phi) is 33.8. The second-order valence-corrected chi connectivity index (χ2v) is 32.0. The highest BCUT2D eigenvalue weighted by Crippen LogP contribution is 2.45. The highest BCUT2D eigenvalue weighted by Gasteiger charge is 2.42. The quantitative estimate of drug-likeness (QED) is 0.0121. The molecule has 30 heteroatoms. The fourth-order valence-corrected chi connectivity index (χ4v) is 13.7. The van der Waals surface area contributed by atoms with E-state index in [1.165, 1.54) is 20.8 Å². The van der Waals surface area contributed by atoms with E-state index in [0.29, 0.717) is 16.7 Å². The summed E-state index contributed by atoms with van der Waals surface area (Å²) in [6.07, 6.45) is -3.08. The molecular weight excluding hydrogens is 1450 g/mol. The van der Waals surface area contributed by atoms with Crippen molar-refractivity contribution in [3.8, 4) is 11.1 Å². The van der Waals surface area contributed by atoms with Crippen molar-refractivity contribution >= 4 is 94.7 Å². The molecule has 0 heterocycles. The lowest BCUT2D eigenvalue weighted by molar-refractivity contribution is -0.142. The van der Waals surface area contributed by atoms with Crippen molar-refractivity contribution in [2.24, 2.45) is 5.92 Å². The second-order valence-electron chi connectivity index (χ2n) is 29.9. The summed E-state index contributed by atoms with van der Waals surface area (Å²) in [4.78, 5) is 169. The van der Waals surface area contributed by atoms with Gasteiger partial charge in [0.2, 0.25) is 59.1 Å². The number of fused-ring (bicyclic) bond motifs is 3. The van der Waals surface area contributed by atoms with Gasteiger partial charge in [0.1, 0.15) is 61.0 Å². The molecule has 12 N–H and O–H groups in total. The maximum Gasteiger partial charge on any atom is 0.407 e. The predicted octanol–water partition coefficient (Wildman–Crippen LogP) is 6.04. The van der Waals surface area contributed by atoms with Crippen LogP contribution >= 0.6 is 23.5 Å². The van der Waals surface area contributed by atoms with Crippen LogP contribution in [0.5, 0.6) is 0 Å². The Hall–Kier alpha value is -9.88. The van der Waals surface area contributed by atoms with Crippen LogP contribution in [0.25, 0.3) is 11.1 Å². The van der Waals surface area contributed by atoms with Crippen LogP contribution in [-0.4, -0.2) is 191 Å². The normalized spacial score (nSPS) is 14.3. The molecule has 0 saturated heterocycles. The first-order valence-electron chi connectivity index (χ1n) is 36.4. The number of alkyl carbamates (subject to hydrolysis) is 1. The maximum absolute atomic E-state index is 15.6. The topological polar surface area (TPSA) is 394 Å². The van der Waals surface area contributed by atoms with Crippen LogP contribution in [-0.2, 0) is 77.2 Å². The molecule has 6 rings (SSSR count). The van der Waals surface area contributed by atoms with E-state index in [-0.39, 0.29) is 59.9 Å². The van der Waals surface area contributed by atoms with Gasteiger partial charge in [-0.15, -0.1) is 23.5 Å². The van der Waals surface area contributed by atoms with Gasteiger partial charge in [0, 0.05) is 31.3 Å². The molecular formula is C80H107N11O17S2. The number of aliphatic carboxylic acids is 1. The Labute approximate surface area is 651 Å². The molecule has 0 aliphatic heterocycles. The van der Waals surface area contributed by atoms with Gasteiger partial charge in [-0.1, -0.05) is 153 Å². The molecule has 28 nitrogen and oxygen atoms in total. The minimum absolute atomic E-state index is 0.0146. The number of carbonyl (C=O) groups is 12. The Morgan fingerprint density at radius 3 is 1.27 bits per heavy atom. The largest absolute Gasteiger partial charge is 0.480 e. The van der Waals surface area contributed by atoms with E-state index in [1.807, 2.05) is 103 Å². The van der Waals surface area contributed by atoms with E-state index >= 15 is 19.2 Å². The lowest BCUT2D eigenvalue weighted by Crippen LogP contribution is -2.63. The minimum Gasteiger partial charge on any atom is -0.480 e. The van der Waals surface area contributed by atoms with Crippen LogP contribution in [0.3, 0.4) is 0 Å². The van der Waals surface area contributed by atoms with Crippen LogP contribution in [0, 0.1) is 5.92 Å². The number of ether oxygens (including phenoxy) is 4. The molecule has 0 bridgehead atoms. The van der Waals surface area contributed by atoms with Crippen LogP contribution in [0.1, 0.15) is 144 Å². The molecule has 11 amide bonds. The zero-order valence-electron chi connectivity index (χ0n) is 64.9. The third-order valence-electron chi connectivity index (χ3n) is 16.9. The van der Waals surface area contributed by atoms with Gasteiger partial charge in [0.25, 0.3) is 0 Å². The Morgan fingerprint density at radius 2 is 0.836 bits per heavy atom. The number of benzene rings is 5. The van der Waals surface area contributed by atoms with Crippen molar-refractivity contribution in [1.82, 2.24) is 58.5 Å². The summed E-state index contributed by atoms with van der Waals surface area (Å²) in [5.41, 5.74) is 1.38. The van der Waals surface area contributed by atoms with E-state index in [0.717, 1.165) is 45.8 Å². The van der Waals surface area contributed by atoms with Gasteiger partial charge in [-0.2, -0.15) is 0 Å². The number of hydrogen-bond acceptors (Lipinski definition) is 18. The second kappa shape index (κ2) is 41.8. The molecule has 0 fully saturated rings. The van der Waals surface area contributed by atoms with Crippen LogP contribution in [0.2, 0.25) is 0 Å². The van der Waals surface area contributed by atoms with Gasteiger partial charge in [-0.05, 0) is 121 Å². The molecule has 8 atom stereocenters. The number of carboxylic acids is 1. The summed E-state index contributed by atoms with van der Waals surface area (Å²) >= 11 is 2.12. The number of rotatable bonds is 40. The zero-order valence-corrected chi connectivity index (χ0v) is 66.6. The molecule has 596 valence electrons. The van der Waals surface area contributed by atoms with Crippen molar-refractivity contribution in [2.45, 2.75) is 186 Å². The molecule has 110 heavy (non-hydrogen) atoms. The lowest BCUT2D eigenvalue weighted by Gasteiger charge is -2.37. The highest BCUT2D eigenvalue weighted by molar-refractivity contribution is 7.99. The van der Waals surface area contributed by atoms with Gasteiger partial charge in [0.05, 0.1) is 54.3 Å². The first-order chi connectivity index (χ1) is 51.8. The molecule has 0 radical (unpaired) electrons. The summed E-state index contributed by atoms with van der Waals surface area (Å²) in [5.74, 6) is -10.8. The summed E-state index contributed by atoms with van der Waals surface area (Å²) in [7, 11) is 0. The molecule has 0 unspecified atom stereocenters. The zero-order chi connectivity index (χ0) is 81.1. The van der Waals surface area contributed by atoms with Gasteiger partial charge >= 0.3 is 12.1 Å². The van der Waals surface area contributed by atoms with Crippen LogP contribution < -0.4 is 58.5 Å². The molecule has 0 aromatic heterocycles. The highest BCUT2D eigenvalue weighted by atomic mass is 32.2. The SMILES string of the molecule is CC(=O)NCSC[C@H](NC(=O)OCC1c2ccccc2-c2ccccc21)C(=O)N[C@@H](COC(C)(C)C)C(=O)N[C@@H](CC(=O)NC(c1ccccc1)(c1ccccc1)c1ccccc1)C(=O)N[C@@H](CC(C)C)C(=O)N[C@@H](COC(C)(C)C)C(=O)N[C@H](C(=O)N[C@@H](CSCNC(C)=O)C(=O)NCC(=O)O)[C@@H](C)OC(C)(C)C. The van der Waals surface area contributed by atoms with Crippen molar-refractivity contribution in [1.29, 1.82) is 0 Å². The summed E-state index contributed by atoms with van der Waals surface area (Å²) in [6, 6.07) is 31.5. The molecule has 5 aromatic rings. The number of carboxylic acid groups (broad SMARTS) is 1. The molecule has 1 aliphatic carbocycles. The van der Waals surface area contributed by atoms with E-state index < -0.39 is 156 Å². The van der Waals surface area contributed by atoms with Crippen LogP contribution in [0.4, 0.5) is 4.79 Å². The van der Waals surface area contributed by atoms with E-state index in [1.54, 1.807) is 113 Å². The van der Waals surface area contributed by atoms with Gasteiger partial charge in [0.15, 0.2) is 0 Å². The standard InChI is InChI=1S/C80H107N11O17S2/c1-48(2)38-60(70(98)86-63(43-107-78(9,10)11)73(101)90-68(49(3)108-79(12,13)14)75(103)88-64(44-109-46-82-50(4)92)69(97)81-40-67(95)96)84-71(99)61(39-66(94)91-80(52-28-18-15-19-29-52,53-30-20-16-21-31-53)54-32-22-17-23-33-54)85-72(100)62(42-106-77(6,7)8)87-74(102)65(45-110-47-83-51(5)93)89-76(104)105-41-59-57-36-26-24-34-55(57)56-35-25-27-37-58(56)59/h15-37,48-49,59-65,68H,38-47H2,1-14H3,(H,81,97)(H,82,92)(H,83,93)(H,84,99)(H,85,100)(H,86,98)(H,87,102)(H,88,103)(H,89,104)(H,90,101)(H,91,94)(H,95,96)/t49-,60+,61+,62+,63+,64+,65+,68+/m1/s1.